The summed E-state index contributed by atoms with van der Waals surface area (Å²) in [6, 6.07) is 0. The van der Waals surface area contributed by atoms with Crippen LogP contribution in [0.5, 0.6) is 0 Å². The van der Waals surface area contributed by atoms with Crippen molar-refractivity contribution in [1.82, 2.24) is 14.4 Å². The van der Waals surface area contributed by atoms with Crippen LogP contribution in [0.2, 0.25) is 0 Å². The lowest BCUT2D eigenvalue weighted by Crippen LogP contribution is -2.20. The molecule has 2 rings (SSSR count). The summed E-state index contributed by atoms with van der Waals surface area (Å²) in [5.74, 6) is 0. The summed E-state index contributed by atoms with van der Waals surface area (Å²) in [5, 5.41) is 0.745. The van der Waals surface area contributed by atoms with E-state index in [0.717, 1.165) is 10.7 Å². The highest BCUT2D eigenvalue weighted by atomic mass is 79.9. The van der Waals surface area contributed by atoms with Crippen molar-refractivity contribution in [2.75, 3.05) is 6.26 Å². The lowest BCUT2D eigenvalue weighted by Gasteiger charge is -2.07. The average Bonchev–Trinajstić information content (AvgIpc) is 2.26. The molecular weight excluding hydrogens is 290 g/mol. The summed E-state index contributed by atoms with van der Waals surface area (Å²) in [7, 11) is 0. The normalized spacial score (nSPS) is 11.0. The molecular formula is C10H10BrN3OS. The van der Waals surface area contributed by atoms with Crippen LogP contribution in [0.3, 0.4) is 0 Å². The van der Waals surface area contributed by atoms with Gasteiger partial charge in [-0.1, -0.05) is 0 Å². The molecule has 2 aromatic rings. The Balaban J connectivity index is 3.01. The first-order valence-electron chi connectivity index (χ1n) is 4.64. The molecule has 0 aliphatic heterocycles. The first kappa shape index (κ1) is 11.6. The average molecular weight is 300 g/mol. The van der Waals surface area contributed by atoms with Gasteiger partial charge >= 0.3 is 0 Å². The lowest BCUT2D eigenvalue weighted by atomic mass is 10.3. The van der Waals surface area contributed by atoms with Crippen molar-refractivity contribution in [3.8, 4) is 0 Å². The smallest absolute Gasteiger partial charge is 0.261 e. The molecule has 6 heteroatoms. The lowest BCUT2D eigenvalue weighted by molar-refractivity contribution is 0.912. The molecule has 0 fully saturated rings. The van der Waals surface area contributed by atoms with Crippen molar-refractivity contribution in [3.05, 3.63) is 32.4 Å². The van der Waals surface area contributed by atoms with E-state index in [1.807, 2.05) is 13.2 Å². The van der Waals surface area contributed by atoms with Gasteiger partial charge < -0.3 is 0 Å². The summed E-state index contributed by atoms with van der Waals surface area (Å²) in [6.07, 6.45) is 3.56. The van der Waals surface area contributed by atoms with E-state index in [2.05, 4.69) is 25.9 Å². The maximum Gasteiger partial charge on any atom is 0.261 e. The molecule has 4 nitrogen and oxygen atoms in total. The largest absolute Gasteiger partial charge is 0.269 e. The van der Waals surface area contributed by atoms with Gasteiger partial charge in [-0.2, -0.15) is 0 Å². The predicted octanol–water partition coefficient (Wildman–Crippen LogP) is 2.19. The standard InChI is InChI=1S/C10H10BrN3OS/c1-5-6(2)12-8-9(16-3)13-7(11)4-14(8)10(5)15/h4H,1-3H3. The monoisotopic (exact) mass is 299 g/mol. The van der Waals surface area contributed by atoms with Gasteiger partial charge in [0, 0.05) is 17.5 Å². The molecule has 0 saturated heterocycles. The summed E-state index contributed by atoms with van der Waals surface area (Å²) < 4.78 is 2.17. The van der Waals surface area contributed by atoms with E-state index in [1.54, 1.807) is 13.1 Å². The highest BCUT2D eigenvalue weighted by Gasteiger charge is 2.10. The quantitative estimate of drug-likeness (QED) is 0.758. The molecule has 16 heavy (non-hydrogen) atoms. The first-order valence-corrected chi connectivity index (χ1v) is 6.66. The molecule has 0 N–H and O–H groups in total. The van der Waals surface area contributed by atoms with E-state index >= 15 is 0 Å². The van der Waals surface area contributed by atoms with Crippen LogP contribution in [0.4, 0.5) is 0 Å². The Morgan fingerprint density at radius 1 is 1.38 bits per heavy atom. The van der Waals surface area contributed by atoms with Gasteiger partial charge in [-0.15, -0.1) is 11.8 Å². The van der Waals surface area contributed by atoms with Crippen molar-refractivity contribution in [2.24, 2.45) is 0 Å². The van der Waals surface area contributed by atoms with E-state index in [0.29, 0.717) is 15.8 Å². The molecule has 0 aliphatic rings. The van der Waals surface area contributed by atoms with Crippen LogP contribution in [0.25, 0.3) is 5.65 Å². The molecule has 0 aliphatic carbocycles. The maximum absolute atomic E-state index is 12.0. The van der Waals surface area contributed by atoms with Crippen LogP contribution in [-0.2, 0) is 0 Å². The maximum atomic E-state index is 12.0. The zero-order valence-electron chi connectivity index (χ0n) is 9.11. The third-order valence-corrected chi connectivity index (χ3v) is 3.46. The molecule has 0 bridgehead atoms. The van der Waals surface area contributed by atoms with Gasteiger partial charge in [0.1, 0.15) is 9.63 Å². The Hall–Kier alpha value is -0.880. The van der Waals surface area contributed by atoms with Crippen molar-refractivity contribution in [1.29, 1.82) is 0 Å². The number of thioether (sulfide) groups is 1. The molecule has 0 amide bonds. The molecule has 0 saturated carbocycles. The fraction of sp³-hybridized carbons (Fsp3) is 0.300. The second-order valence-corrected chi connectivity index (χ2v) is 5.00. The molecule has 0 unspecified atom stereocenters. The van der Waals surface area contributed by atoms with Crippen LogP contribution in [0, 0.1) is 13.8 Å². The Morgan fingerprint density at radius 3 is 2.69 bits per heavy atom. The third-order valence-electron chi connectivity index (χ3n) is 2.41. The molecule has 84 valence electrons. The Labute approximate surface area is 105 Å². The number of halogens is 1. The van der Waals surface area contributed by atoms with Gasteiger partial charge in [0.15, 0.2) is 5.65 Å². The van der Waals surface area contributed by atoms with E-state index in [4.69, 9.17) is 0 Å². The van der Waals surface area contributed by atoms with Gasteiger partial charge in [-0.05, 0) is 36.0 Å². The second-order valence-electron chi connectivity index (χ2n) is 3.39. The zero-order chi connectivity index (χ0) is 11.9. The van der Waals surface area contributed by atoms with Gasteiger partial charge in [0.05, 0.1) is 0 Å². The van der Waals surface area contributed by atoms with E-state index in [9.17, 15) is 4.79 Å². The third kappa shape index (κ3) is 1.76. The summed E-state index contributed by atoms with van der Waals surface area (Å²) in [4.78, 5) is 20.7. The zero-order valence-corrected chi connectivity index (χ0v) is 11.5. The molecule has 0 spiro atoms. The Bertz CT molecular complexity index is 623. The SMILES string of the molecule is CSc1nc(Br)cn2c(=O)c(C)c(C)nc12. The highest BCUT2D eigenvalue weighted by molar-refractivity contribution is 9.10. The number of fused-ring (bicyclic) bond motifs is 1. The second kappa shape index (κ2) is 4.18. The number of rotatable bonds is 1. The Morgan fingerprint density at radius 2 is 2.06 bits per heavy atom. The number of aromatic nitrogens is 3. The van der Waals surface area contributed by atoms with Gasteiger partial charge in [0.25, 0.3) is 5.56 Å². The van der Waals surface area contributed by atoms with Crippen LogP contribution in [0.15, 0.2) is 20.6 Å². The fourth-order valence-electron chi connectivity index (χ4n) is 1.42. The molecule has 0 aromatic carbocycles. The summed E-state index contributed by atoms with van der Waals surface area (Å²) in [5.41, 5.74) is 2.00. The van der Waals surface area contributed by atoms with Crippen molar-refractivity contribution in [3.63, 3.8) is 0 Å². The predicted molar refractivity (Wildman–Crippen MR) is 68.2 cm³/mol. The molecule has 0 atom stereocenters. The fourth-order valence-corrected chi connectivity index (χ4v) is 2.43. The van der Waals surface area contributed by atoms with Crippen LogP contribution < -0.4 is 5.56 Å². The minimum absolute atomic E-state index is 0.0408. The van der Waals surface area contributed by atoms with E-state index < -0.39 is 0 Å². The van der Waals surface area contributed by atoms with E-state index in [-0.39, 0.29) is 5.56 Å². The number of hydrogen-bond acceptors (Lipinski definition) is 4. The van der Waals surface area contributed by atoms with Gasteiger partial charge in [-0.3, -0.25) is 9.20 Å². The number of hydrogen-bond donors (Lipinski definition) is 0. The minimum atomic E-state index is -0.0408. The summed E-state index contributed by atoms with van der Waals surface area (Å²) >= 11 is 4.76. The van der Waals surface area contributed by atoms with Gasteiger partial charge in [-0.25, -0.2) is 9.97 Å². The van der Waals surface area contributed by atoms with Gasteiger partial charge in [0.2, 0.25) is 0 Å². The minimum Gasteiger partial charge on any atom is -0.269 e. The molecule has 0 radical (unpaired) electrons. The Kier molecular flexibility index (Phi) is 3.03. The van der Waals surface area contributed by atoms with Crippen molar-refractivity contribution >= 4 is 33.3 Å². The van der Waals surface area contributed by atoms with Crippen molar-refractivity contribution in [2.45, 2.75) is 18.9 Å². The number of aryl methyl sites for hydroxylation is 1. The topological polar surface area (TPSA) is 47.3 Å². The van der Waals surface area contributed by atoms with Crippen LogP contribution in [-0.4, -0.2) is 20.6 Å². The van der Waals surface area contributed by atoms with E-state index in [1.165, 1.54) is 16.2 Å². The summed E-state index contributed by atoms with van der Waals surface area (Å²) in [6.45, 7) is 3.62. The molecule has 2 heterocycles. The van der Waals surface area contributed by atoms with Crippen molar-refractivity contribution < 1.29 is 0 Å². The number of nitrogens with zero attached hydrogens (tertiary/aromatic N) is 3. The van der Waals surface area contributed by atoms with Crippen LogP contribution >= 0.6 is 27.7 Å². The first-order chi connectivity index (χ1) is 7.54. The molecule has 2 aromatic heterocycles. The highest BCUT2D eigenvalue weighted by Crippen LogP contribution is 2.19. The van der Waals surface area contributed by atoms with Crippen LogP contribution in [0.1, 0.15) is 11.3 Å².